The van der Waals surface area contributed by atoms with E-state index in [9.17, 15) is 18.0 Å². The van der Waals surface area contributed by atoms with Gasteiger partial charge in [-0.2, -0.15) is 0 Å². The lowest BCUT2D eigenvalue weighted by Gasteiger charge is -2.21. The van der Waals surface area contributed by atoms with Crippen molar-refractivity contribution in [3.05, 3.63) is 29.8 Å². The largest absolute Gasteiger partial charge is 0.452 e. The third-order valence-electron chi connectivity index (χ3n) is 3.46. The van der Waals surface area contributed by atoms with Crippen LogP contribution in [0.2, 0.25) is 0 Å². The molecule has 0 spiro atoms. The van der Waals surface area contributed by atoms with Crippen molar-refractivity contribution in [3.8, 4) is 0 Å². The molecule has 1 amide bonds. The highest BCUT2D eigenvalue weighted by Crippen LogP contribution is 2.16. The Bertz CT molecular complexity index is 702. The summed E-state index contributed by atoms with van der Waals surface area (Å²) in [7, 11) is 0.185. The number of hydrogen-bond acceptors (Lipinski definition) is 6. The van der Waals surface area contributed by atoms with E-state index >= 15 is 0 Å². The number of hydrogen-bond donors (Lipinski definition) is 0. The first kappa shape index (κ1) is 20.1. The second-order valence-electron chi connectivity index (χ2n) is 5.30. The van der Waals surface area contributed by atoms with Crippen LogP contribution in [0.25, 0.3) is 0 Å². The molecule has 24 heavy (non-hydrogen) atoms. The number of carbonyl (C=O) groups is 2. The molecule has 134 valence electrons. The maximum absolute atomic E-state index is 12.2. The molecule has 0 radical (unpaired) electrons. The normalized spacial score (nSPS) is 11.6. The molecule has 1 aromatic rings. The molecule has 0 aliphatic carbocycles. The Morgan fingerprint density at radius 1 is 1.21 bits per heavy atom. The number of benzene rings is 1. The second kappa shape index (κ2) is 8.22. The maximum atomic E-state index is 12.2. The summed E-state index contributed by atoms with van der Waals surface area (Å²) in [5, 5.41) is 0. The lowest BCUT2D eigenvalue weighted by atomic mass is 10.2. The van der Waals surface area contributed by atoms with Gasteiger partial charge in [-0.25, -0.2) is 13.2 Å². The van der Waals surface area contributed by atoms with Crippen LogP contribution in [0.15, 0.2) is 29.2 Å². The molecule has 9 heteroatoms. The van der Waals surface area contributed by atoms with Gasteiger partial charge in [0.25, 0.3) is 15.9 Å². The first-order valence-corrected chi connectivity index (χ1v) is 8.61. The van der Waals surface area contributed by atoms with Crippen molar-refractivity contribution in [2.24, 2.45) is 0 Å². The highest BCUT2D eigenvalue weighted by molar-refractivity contribution is 7.89. The van der Waals surface area contributed by atoms with Gasteiger partial charge >= 0.3 is 5.97 Å². The number of hydroxylamine groups is 1. The van der Waals surface area contributed by atoms with Crippen molar-refractivity contribution >= 4 is 21.9 Å². The van der Waals surface area contributed by atoms with E-state index in [-0.39, 0.29) is 22.4 Å². The Kier molecular flexibility index (Phi) is 6.88. The highest BCUT2D eigenvalue weighted by Gasteiger charge is 2.22. The summed E-state index contributed by atoms with van der Waals surface area (Å²) in [6, 6.07) is 5.30. The van der Waals surface area contributed by atoms with Crippen LogP contribution >= 0.6 is 0 Å². The van der Waals surface area contributed by atoms with Crippen LogP contribution in [-0.2, 0) is 24.4 Å². The summed E-state index contributed by atoms with van der Waals surface area (Å²) in [5.74, 6) is -1.13. The van der Waals surface area contributed by atoms with E-state index < -0.39 is 22.6 Å². The fraction of sp³-hybridized carbons (Fsp3) is 0.467. The van der Waals surface area contributed by atoms with Gasteiger partial charge in [0.05, 0.1) is 17.6 Å². The number of ether oxygens (including phenoxy) is 1. The van der Waals surface area contributed by atoms with Crippen molar-refractivity contribution in [2.75, 3.05) is 27.8 Å². The van der Waals surface area contributed by atoms with E-state index in [1.165, 1.54) is 43.3 Å². The van der Waals surface area contributed by atoms with Gasteiger partial charge in [-0.05, 0) is 32.0 Å². The third kappa shape index (κ3) is 4.76. The minimum Gasteiger partial charge on any atom is -0.452 e. The average Bonchev–Trinajstić information content (AvgIpc) is 2.57. The Balaban J connectivity index is 2.87. The summed E-state index contributed by atoms with van der Waals surface area (Å²) in [6.45, 7) is 3.25. The highest BCUT2D eigenvalue weighted by atomic mass is 32.2. The van der Waals surface area contributed by atoms with Crippen molar-refractivity contribution in [1.29, 1.82) is 0 Å². The minimum absolute atomic E-state index is 0.0192. The number of esters is 1. The van der Waals surface area contributed by atoms with Crippen LogP contribution < -0.4 is 0 Å². The van der Waals surface area contributed by atoms with Gasteiger partial charge in [-0.15, -0.1) is 0 Å². The number of nitrogens with zero attached hydrogens (tertiary/aromatic N) is 2. The van der Waals surface area contributed by atoms with Crippen LogP contribution in [-0.4, -0.2) is 63.5 Å². The maximum Gasteiger partial charge on any atom is 0.338 e. The SMILES string of the molecule is CON(C)S(=O)(=O)c1cccc(C(=O)OCC(=O)N(C)C(C)C)c1. The number of amides is 1. The van der Waals surface area contributed by atoms with Gasteiger partial charge in [0.2, 0.25) is 0 Å². The zero-order valence-electron chi connectivity index (χ0n) is 14.3. The molecule has 0 aliphatic heterocycles. The average molecular weight is 358 g/mol. The molecule has 0 atom stereocenters. The quantitative estimate of drug-likeness (QED) is 0.531. The Labute approximate surface area is 142 Å². The Morgan fingerprint density at radius 3 is 2.38 bits per heavy atom. The van der Waals surface area contributed by atoms with Gasteiger partial charge in [-0.1, -0.05) is 10.5 Å². The van der Waals surface area contributed by atoms with Crippen molar-refractivity contribution in [1.82, 2.24) is 9.37 Å². The van der Waals surface area contributed by atoms with E-state index in [2.05, 4.69) is 4.84 Å². The zero-order valence-corrected chi connectivity index (χ0v) is 15.2. The molecule has 0 saturated carbocycles. The topological polar surface area (TPSA) is 93.2 Å². The summed E-state index contributed by atoms with van der Waals surface area (Å²) in [6.07, 6.45) is 0. The van der Waals surface area contributed by atoms with Gasteiger partial charge in [-0.3, -0.25) is 9.63 Å². The number of sulfonamides is 1. The molecule has 0 aliphatic rings. The monoisotopic (exact) mass is 358 g/mol. The molecule has 0 bridgehead atoms. The first-order valence-electron chi connectivity index (χ1n) is 7.17. The van der Waals surface area contributed by atoms with Gasteiger partial charge in [0.15, 0.2) is 6.61 Å². The van der Waals surface area contributed by atoms with Gasteiger partial charge < -0.3 is 9.64 Å². The first-order chi connectivity index (χ1) is 11.1. The molecule has 0 N–H and O–H groups in total. The standard InChI is InChI=1S/C15H22N2O6S/c1-11(2)16(3)14(18)10-23-15(19)12-7-6-8-13(9-12)24(20,21)17(4)22-5/h6-9,11H,10H2,1-5H3. The molecule has 1 aromatic carbocycles. The Morgan fingerprint density at radius 2 is 1.83 bits per heavy atom. The zero-order chi connectivity index (χ0) is 18.5. The molecule has 0 heterocycles. The lowest BCUT2D eigenvalue weighted by molar-refractivity contribution is -0.134. The number of carbonyl (C=O) groups excluding carboxylic acids is 2. The van der Waals surface area contributed by atoms with Gasteiger partial charge in [0.1, 0.15) is 0 Å². The molecular formula is C15H22N2O6S. The van der Waals surface area contributed by atoms with Crippen LogP contribution in [0.4, 0.5) is 0 Å². The minimum atomic E-state index is -3.87. The van der Waals surface area contributed by atoms with E-state index in [1.807, 2.05) is 13.8 Å². The van der Waals surface area contributed by atoms with Crippen molar-refractivity contribution in [2.45, 2.75) is 24.8 Å². The molecule has 0 saturated heterocycles. The second-order valence-corrected chi connectivity index (χ2v) is 7.24. The van der Waals surface area contributed by atoms with Crippen LogP contribution in [0.1, 0.15) is 24.2 Å². The Hall–Kier alpha value is -1.97. The molecule has 8 nitrogen and oxygen atoms in total. The predicted octanol–water partition coefficient (Wildman–Crippen LogP) is 0.892. The fourth-order valence-electron chi connectivity index (χ4n) is 1.63. The fourth-order valence-corrected chi connectivity index (χ4v) is 2.65. The predicted molar refractivity (Wildman–Crippen MR) is 86.6 cm³/mol. The van der Waals surface area contributed by atoms with E-state index in [1.54, 1.807) is 7.05 Å². The van der Waals surface area contributed by atoms with E-state index in [0.29, 0.717) is 4.47 Å². The molecule has 1 rings (SSSR count). The van der Waals surface area contributed by atoms with Crippen LogP contribution in [0, 0.1) is 0 Å². The van der Waals surface area contributed by atoms with Crippen LogP contribution in [0.5, 0.6) is 0 Å². The van der Waals surface area contributed by atoms with Crippen LogP contribution in [0.3, 0.4) is 0 Å². The number of likely N-dealkylation sites (N-methyl/N-ethyl adjacent to an activating group) is 1. The third-order valence-corrected chi connectivity index (χ3v) is 5.13. The molecule has 0 fully saturated rings. The van der Waals surface area contributed by atoms with Gasteiger partial charge in [0, 0.05) is 20.1 Å². The smallest absolute Gasteiger partial charge is 0.338 e. The summed E-state index contributed by atoms with van der Waals surface area (Å²) >= 11 is 0. The van der Waals surface area contributed by atoms with E-state index in [0.717, 1.165) is 0 Å². The summed E-state index contributed by atoms with van der Waals surface area (Å²) in [5.41, 5.74) is 0.0283. The summed E-state index contributed by atoms with van der Waals surface area (Å²) < 4.78 is 29.9. The molecule has 0 aromatic heterocycles. The van der Waals surface area contributed by atoms with Crippen molar-refractivity contribution in [3.63, 3.8) is 0 Å². The van der Waals surface area contributed by atoms with E-state index in [4.69, 9.17) is 4.74 Å². The van der Waals surface area contributed by atoms with Crippen molar-refractivity contribution < 1.29 is 27.6 Å². The summed E-state index contributed by atoms with van der Waals surface area (Å²) in [4.78, 5) is 29.8. The lowest BCUT2D eigenvalue weighted by Crippen LogP contribution is -2.36. The molecule has 0 unspecified atom stereocenters. The number of rotatable bonds is 7. The molecular weight excluding hydrogens is 336 g/mol.